The van der Waals surface area contributed by atoms with Crippen molar-refractivity contribution in [1.29, 1.82) is 0 Å². The number of nitrogens with zero attached hydrogens (tertiary/aromatic N) is 5. The minimum Gasteiger partial charge on any atom is -0.408 e. The first-order chi connectivity index (χ1) is 15.5. The molecule has 1 aromatic carbocycles. The van der Waals surface area contributed by atoms with Crippen LogP contribution in [0.5, 0.6) is 0 Å². The molecule has 0 aliphatic heterocycles. The van der Waals surface area contributed by atoms with Gasteiger partial charge in [0.2, 0.25) is 9.84 Å². The summed E-state index contributed by atoms with van der Waals surface area (Å²) in [4.78, 5) is 17.5. The summed E-state index contributed by atoms with van der Waals surface area (Å²) in [5, 5.41) is 14.3. The van der Waals surface area contributed by atoms with Crippen molar-refractivity contribution >= 4 is 64.9 Å². The fraction of sp³-hybridized carbons (Fsp3) is 0.105. The smallest absolute Gasteiger partial charge is 0.335 e. The van der Waals surface area contributed by atoms with Crippen LogP contribution in [0.15, 0.2) is 55.2 Å². The number of hydrogen-bond donors (Lipinski definition) is 1. The molecule has 4 rings (SSSR count). The number of pyridine rings is 1. The molecule has 1 N–H and O–H groups in total. The lowest BCUT2D eigenvalue weighted by molar-refractivity contribution is 0.101. The number of halogens is 3. The van der Waals surface area contributed by atoms with Crippen LogP contribution in [-0.2, 0) is 9.84 Å². The molecule has 0 fully saturated rings. The molecule has 0 aliphatic rings. The standard InChI is InChI=1S/C19H13Br2ClN6O4S/c1-9-6-10(20)7-11(18-25-26-19(32-18)33(2,30)31)15(9)24-17(29)13-8-14(21)27-28(13)16-12(22)4-3-5-23-16/h3-8H,1-2H3,(H,24,29). The van der Waals surface area contributed by atoms with Gasteiger partial charge in [0.25, 0.3) is 11.8 Å². The summed E-state index contributed by atoms with van der Waals surface area (Å²) >= 11 is 12.9. The molecule has 0 spiro atoms. The molecule has 0 saturated heterocycles. The van der Waals surface area contributed by atoms with Gasteiger partial charge in [-0.3, -0.25) is 4.79 Å². The van der Waals surface area contributed by atoms with E-state index in [1.54, 1.807) is 31.2 Å². The number of rotatable bonds is 5. The van der Waals surface area contributed by atoms with Gasteiger partial charge in [-0.2, -0.15) is 5.10 Å². The highest BCUT2D eigenvalue weighted by Gasteiger charge is 2.24. The number of amides is 1. The highest BCUT2D eigenvalue weighted by molar-refractivity contribution is 9.10. The van der Waals surface area contributed by atoms with Crippen LogP contribution in [0, 0.1) is 6.92 Å². The molecule has 10 nitrogen and oxygen atoms in total. The van der Waals surface area contributed by atoms with Crippen LogP contribution in [0.1, 0.15) is 16.1 Å². The third-order valence-corrected chi connectivity index (χ3v) is 6.28. The van der Waals surface area contributed by atoms with Crippen LogP contribution < -0.4 is 5.32 Å². The topological polar surface area (TPSA) is 133 Å². The van der Waals surface area contributed by atoms with Crippen molar-refractivity contribution in [3.8, 4) is 17.3 Å². The summed E-state index contributed by atoms with van der Waals surface area (Å²) in [6.07, 6.45) is 2.49. The van der Waals surface area contributed by atoms with E-state index in [0.717, 1.165) is 6.26 Å². The number of anilines is 1. The van der Waals surface area contributed by atoms with E-state index in [9.17, 15) is 13.2 Å². The molecule has 0 saturated carbocycles. The summed E-state index contributed by atoms with van der Waals surface area (Å²) in [6.45, 7) is 1.76. The lowest BCUT2D eigenvalue weighted by Gasteiger charge is -2.13. The average Bonchev–Trinajstić information content (AvgIpc) is 3.37. The Hall–Kier alpha value is -2.61. The molecule has 0 aliphatic carbocycles. The SMILES string of the molecule is Cc1cc(Br)cc(-c2nnc(S(C)(=O)=O)o2)c1NC(=O)c1cc(Br)nn1-c1ncccc1Cl. The molecular weight excluding hydrogens is 604 g/mol. The van der Waals surface area contributed by atoms with Gasteiger partial charge in [0.1, 0.15) is 10.3 Å². The number of carbonyl (C=O) groups excluding carboxylic acids is 1. The van der Waals surface area contributed by atoms with Gasteiger partial charge in [-0.25, -0.2) is 18.1 Å². The molecule has 4 aromatic rings. The van der Waals surface area contributed by atoms with Crippen LogP contribution in [0.2, 0.25) is 5.02 Å². The Balaban J connectivity index is 1.78. The fourth-order valence-electron chi connectivity index (χ4n) is 2.93. The van der Waals surface area contributed by atoms with Crippen LogP contribution >= 0.6 is 43.5 Å². The zero-order valence-electron chi connectivity index (χ0n) is 16.9. The molecule has 170 valence electrons. The second-order valence-electron chi connectivity index (χ2n) is 6.82. The van der Waals surface area contributed by atoms with Crippen LogP contribution in [0.4, 0.5) is 5.69 Å². The minimum absolute atomic E-state index is 0.0717. The summed E-state index contributed by atoms with van der Waals surface area (Å²) in [6, 6.07) is 8.22. The normalized spacial score (nSPS) is 11.5. The second-order valence-corrected chi connectivity index (χ2v) is 10.8. The van der Waals surface area contributed by atoms with Crippen molar-refractivity contribution in [2.75, 3.05) is 11.6 Å². The van der Waals surface area contributed by atoms with Crippen molar-refractivity contribution in [3.63, 3.8) is 0 Å². The van der Waals surface area contributed by atoms with E-state index in [2.05, 4.69) is 57.5 Å². The van der Waals surface area contributed by atoms with Crippen LogP contribution in [-0.4, -0.2) is 45.5 Å². The van der Waals surface area contributed by atoms with E-state index in [-0.39, 0.29) is 17.4 Å². The van der Waals surface area contributed by atoms with Gasteiger partial charge in [-0.1, -0.05) is 32.6 Å². The molecule has 33 heavy (non-hydrogen) atoms. The molecular formula is C19H13Br2ClN6O4S. The molecule has 0 unspecified atom stereocenters. The maximum atomic E-state index is 13.3. The zero-order valence-corrected chi connectivity index (χ0v) is 21.6. The van der Waals surface area contributed by atoms with E-state index >= 15 is 0 Å². The Morgan fingerprint density at radius 2 is 1.97 bits per heavy atom. The number of benzene rings is 1. The molecule has 14 heteroatoms. The first kappa shape index (κ1) is 23.5. The molecule has 3 heterocycles. The highest BCUT2D eigenvalue weighted by Crippen LogP contribution is 2.34. The van der Waals surface area contributed by atoms with Gasteiger partial charge in [0, 0.05) is 23.0 Å². The number of sulfone groups is 1. The van der Waals surface area contributed by atoms with Crippen molar-refractivity contribution in [2.24, 2.45) is 0 Å². The lowest BCUT2D eigenvalue weighted by atomic mass is 10.1. The van der Waals surface area contributed by atoms with Crippen molar-refractivity contribution in [1.82, 2.24) is 25.0 Å². The van der Waals surface area contributed by atoms with Gasteiger partial charge in [0.05, 0.1) is 16.3 Å². The average molecular weight is 617 g/mol. The molecule has 1 amide bonds. The number of carbonyl (C=O) groups is 1. The van der Waals surface area contributed by atoms with Gasteiger partial charge in [-0.15, -0.1) is 5.10 Å². The van der Waals surface area contributed by atoms with Crippen LogP contribution in [0.25, 0.3) is 17.3 Å². The Kier molecular flexibility index (Phi) is 6.40. The Bertz CT molecular complexity index is 1500. The molecule has 0 atom stereocenters. The minimum atomic E-state index is -3.70. The summed E-state index contributed by atoms with van der Waals surface area (Å²) in [5.41, 5.74) is 1.49. The van der Waals surface area contributed by atoms with E-state index in [4.69, 9.17) is 16.0 Å². The second kappa shape index (κ2) is 8.97. The monoisotopic (exact) mass is 614 g/mol. The Morgan fingerprint density at radius 3 is 2.64 bits per heavy atom. The van der Waals surface area contributed by atoms with Gasteiger partial charge in [0.15, 0.2) is 5.82 Å². The number of hydrogen-bond acceptors (Lipinski definition) is 8. The van der Waals surface area contributed by atoms with Gasteiger partial charge in [-0.05, 0) is 52.7 Å². The first-order valence-electron chi connectivity index (χ1n) is 9.06. The molecule has 0 radical (unpaired) electrons. The van der Waals surface area contributed by atoms with E-state index in [1.807, 2.05) is 0 Å². The fourth-order valence-corrected chi connectivity index (χ4v) is 4.50. The quantitative estimate of drug-likeness (QED) is 0.348. The summed E-state index contributed by atoms with van der Waals surface area (Å²) in [5.74, 6) is -0.320. The highest BCUT2D eigenvalue weighted by atomic mass is 79.9. The molecule has 0 bridgehead atoms. The van der Waals surface area contributed by atoms with Crippen molar-refractivity contribution in [3.05, 3.63) is 61.9 Å². The maximum Gasteiger partial charge on any atom is 0.335 e. The van der Waals surface area contributed by atoms with Crippen molar-refractivity contribution < 1.29 is 17.6 Å². The third kappa shape index (κ3) is 4.86. The van der Waals surface area contributed by atoms with E-state index in [1.165, 1.54) is 16.9 Å². The summed E-state index contributed by atoms with van der Waals surface area (Å²) < 4.78 is 31.2. The predicted molar refractivity (Wildman–Crippen MR) is 127 cm³/mol. The Morgan fingerprint density at radius 1 is 1.21 bits per heavy atom. The number of aryl methyl sites for hydroxylation is 1. The van der Waals surface area contributed by atoms with Gasteiger partial charge < -0.3 is 9.73 Å². The number of nitrogens with one attached hydrogen (secondary N) is 1. The number of aromatic nitrogens is 5. The van der Waals surface area contributed by atoms with Crippen LogP contribution in [0.3, 0.4) is 0 Å². The van der Waals surface area contributed by atoms with E-state index < -0.39 is 21.0 Å². The van der Waals surface area contributed by atoms with Gasteiger partial charge >= 0.3 is 5.22 Å². The molecule has 3 aromatic heterocycles. The third-order valence-electron chi connectivity index (χ3n) is 4.34. The lowest BCUT2D eigenvalue weighted by Crippen LogP contribution is -2.19. The van der Waals surface area contributed by atoms with E-state index in [0.29, 0.717) is 30.9 Å². The predicted octanol–water partition coefficient (Wildman–Crippen LogP) is 4.46. The largest absolute Gasteiger partial charge is 0.408 e. The van der Waals surface area contributed by atoms with Crippen molar-refractivity contribution in [2.45, 2.75) is 12.1 Å². The maximum absolute atomic E-state index is 13.3. The Labute approximate surface area is 209 Å². The first-order valence-corrected chi connectivity index (χ1v) is 12.9. The zero-order chi connectivity index (χ0) is 23.9. The summed E-state index contributed by atoms with van der Waals surface area (Å²) in [7, 11) is -3.70.